The van der Waals surface area contributed by atoms with Crippen LogP contribution in [0.5, 0.6) is 5.75 Å². The van der Waals surface area contributed by atoms with E-state index >= 15 is 0 Å². The molecule has 1 heterocycles. The van der Waals surface area contributed by atoms with Gasteiger partial charge in [0.1, 0.15) is 5.75 Å². The number of rotatable bonds is 7. The van der Waals surface area contributed by atoms with E-state index in [4.69, 9.17) is 0 Å². The van der Waals surface area contributed by atoms with Gasteiger partial charge in [-0.2, -0.15) is 0 Å². The molecule has 4 nitrogen and oxygen atoms in total. The number of carbonyl (C=O) groups is 1. The molecule has 1 amide bonds. The number of aromatic hydroxyl groups is 1. The van der Waals surface area contributed by atoms with Crippen molar-refractivity contribution >= 4 is 11.6 Å². The van der Waals surface area contributed by atoms with Crippen molar-refractivity contribution in [1.29, 1.82) is 0 Å². The second-order valence-corrected chi connectivity index (χ2v) is 7.16. The van der Waals surface area contributed by atoms with Crippen molar-refractivity contribution in [1.82, 2.24) is 4.90 Å². The van der Waals surface area contributed by atoms with Gasteiger partial charge in [-0.1, -0.05) is 36.4 Å². The number of hydrogen-bond acceptors (Lipinski definition) is 3. The maximum absolute atomic E-state index is 12.1. The molecule has 1 aliphatic rings. The van der Waals surface area contributed by atoms with Crippen LogP contribution in [-0.4, -0.2) is 35.5 Å². The Morgan fingerprint density at radius 1 is 1.08 bits per heavy atom. The number of carbonyl (C=O) groups excluding carboxylic acids is 1. The Bertz CT molecular complexity index is 694. The van der Waals surface area contributed by atoms with Crippen LogP contribution in [0, 0.1) is 5.92 Å². The minimum absolute atomic E-state index is 0.0297. The third-order valence-electron chi connectivity index (χ3n) is 5.18. The number of benzene rings is 2. The Morgan fingerprint density at radius 3 is 2.58 bits per heavy atom. The lowest BCUT2D eigenvalue weighted by Gasteiger charge is -2.31. The number of phenols is 1. The summed E-state index contributed by atoms with van der Waals surface area (Å²) >= 11 is 0. The van der Waals surface area contributed by atoms with Crippen LogP contribution in [0.15, 0.2) is 54.6 Å². The normalized spacial score (nSPS) is 15.7. The number of anilines is 1. The van der Waals surface area contributed by atoms with Gasteiger partial charge in [-0.05, 0) is 62.4 Å². The molecule has 0 spiro atoms. The van der Waals surface area contributed by atoms with Gasteiger partial charge in [-0.25, -0.2) is 0 Å². The SMILES string of the molecule is O=C(CCC1CCN(CCc2ccccc2)CC1)Nc1cccc(O)c1. The third kappa shape index (κ3) is 5.88. The van der Waals surface area contributed by atoms with E-state index in [2.05, 4.69) is 40.5 Å². The molecule has 0 aliphatic carbocycles. The number of phenolic OH excluding ortho intramolecular Hbond substituents is 1. The van der Waals surface area contributed by atoms with E-state index in [1.54, 1.807) is 24.3 Å². The van der Waals surface area contributed by atoms with Crippen molar-refractivity contribution < 1.29 is 9.90 Å². The molecule has 3 rings (SSSR count). The molecule has 2 aromatic rings. The van der Waals surface area contributed by atoms with Gasteiger partial charge in [0.05, 0.1) is 0 Å². The molecular formula is C22H28N2O2. The summed E-state index contributed by atoms with van der Waals surface area (Å²) in [6.45, 7) is 3.38. The molecule has 26 heavy (non-hydrogen) atoms. The van der Waals surface area contributed by atoms with Crippen LogP contribution in [0.1, 0.15) is 31.2 Å². The minimum atomic E-state index is 0.0297. The Labute approximate surface area is 155 Å². The molecule has 1 fully saturated rings. The number of nitrogens with one attached hydrogen (secondary N) is 1. The summed E-state index contributed by atoms with van der Waals surface area (Å²) in [5.74, 6) is 0.839. The lowest BCUT2D eigenvalue weighted by atomic mass is 9.92. The van der Waals surface area contributed by atoms with Crippen LogP contribution in [0.2, 0.25) is 0 Å². The minimum Gasteiger partial charge on any atom is -0.508 e. The van der Waals surface area contributed by atoms with E-state index in [0.29, 0.717) is 18.0 Å². The highest BCUT2D eigenvalue weighted by molar-refractivity contribution is 5.90. The Hall–Kier alpha value is -2.33. The topological polar surface area (TPSA) is 52.6 Å². The summed E-state index contributed by atoms with van der Waals surface area (Å²) in [4.78, 5) is 14.6. The maximum Gasteiger partial charge on any atom is 0.224 e. The van der Waals surface area contributed by atoms with Crippen LogP contribution in [0.4, 0.5) is 5.69 Å². The molecule has 138 valence electrons. The van der Waals surface area contributed by atoms with Crippen molar-refractivity contribution in [3.8, 4) is 5.75 Å². The van der Waals surface area contributed by atoms with E-state index in [1.165, 1.54) is 18.4 Å². The van der Waals surface area contributed by atoms with Gasteiger partial charge in [-0.15, -0.1) is 0 Å². The van der Waals surface area contributed by atoms with E-state index < -0.39 is 0 Å². The molecule has 0 atom stereocenters. The average Bonchev–Trinajstić information content (AvgIpc) is 2.66. The van der Waals surface area contributed by atoms with Crippen LogP contribution < -0.4 is 5.32 Å². The Kier molecular flexibility index (Phi) is 6.67. The van der Waals surface area contributed by atoms with E-state index in [9.17, 15) is 9.90 Å². The van der Waals surface area contributed by atoms with E-state index in [0.717, 1.165) is 32.5 Å². The summed E-state index contributed by atoms with van der Waals surface area (Å²) in [6.07, 6.45) is 4.95. The zero-order chi connectivity index (χ0) is 18.2. The smallest absolute Gasteiger partial charge is 0.224 e. The molecule has 0 bridgehead atoms. The summed E-state index contributed by atoms with van der Waals surface area (Å²) in [7, 11) is 0. The second-order valence-electron chi connectivity index (χ2n) is 7.16. The zero-order valence-corrected chi connectivity index (χ0v) is 15.2. The van der Waals surface area contributed by atoms with Gasteiger partial charge in [-0.3, -0.25) is 4.79 Å². The number of nitrogens with zero attached hydrogens (tertiary/aromatic N) is 1. The Morgan fingerprint density at radius 2 is 1.85 bits per heavy atom. The largest absolute Gasteiger partial charge is 0.508 e. The molecular weight excluding hydrogens is 324 g/mol. The summed E-state index contributed by atoms with van der Waals surface area (Å²) in [5.41, 5.74) is 2.06. The highest BCUT2D eigenvalue weighted by Gasteiger charge is 2.19. The quantitative estimate of drug-likeness (QED) is 0.790. The van der Waals surface area contributed by atoms with Crippen LogP contribution in [0.3, 0.4) is 0 Å². The molecule has 1 aliphatic heterocycles. The first-order valence-electron chi connectivity index (χ1n) is 9.54. The first-order valence-corrected chi connectivity index (χ1v) is 9.54. The lowest BCUT2D eigenvalue weighted by molar-refractivity contribution is -0.116. The van der Waals surface area contributed by atoms with Gasteiger partial charge in [0.25, 0.3) is 0 Å². The van der Waals surface area contributed by atoms with Gasteiger partial charge in [0.15, 0.2) is 0 Å². The Balaban J connectivity index is 1.33. The van der Waals surface area contributed by atoms with Gasteiger partial charge in [0, 0.05) is 24.7 Å². The lowest BCUT2D eigenvalue weighted by Crippen LogP contribution is -2.35. The number of amides is 1. The molecule has 2 N–H and O–H groups in total. The first kappa shape index (κ1) is 18.5. The summed E-state index contributed by atoms with van der Waals surface area (Å²) in [5, 5.41) is 12.3. The highest BCUT2D eigenvalue weighted by atomic mass is 16.3. The number of piperidine rings is 1. The number of likely N-dealkylation sites (tertiary alicyclic amines) is 1. The van der Waals surface area contributed by atoms with Crippen molar-refractivity contribution in [2.45, 2.75) is 32.1 Å². The zero-order valence-electron chi connectivity index (χ0n) is 15.2. The van der Waals surface area contributed by atoms with Crippen molar-refractivity contribution in [2.24, 2.45) is 5.92 Å². The fraction of sp³-hybridized carbons (Fsp3) is 0.409. The van der Waals surface area contributed by atoms with Crippen LogP contribution in [-0.2, 0) is 11.2 Å². The summed E-state index contributed by atoms with van der Waals surface area (Å²) in [6, 6.07) is 17.3. The molecule has 1 saturated heterocycles. The monoisotopic (exact) mass is 352 g/mol. The predicted octanol–water partition coefficient (Wildman–Crippen LogP) is 4.07. The van der Waals surface area contributed by atoms with Gasteiger partial charge in [0.2, 0.25) is 5.91 Å². The van der Waals surface area contributed by atoms with Crippen molar-refractivity contribution in [3.63, 3.8) is 0 Å². The van der Waals surface area contributed by atoms with Crippen LogP contribution in [0.25, 0.3) is 0 Å². The molecule has 0 unspecified atom stereocenters. The second kappa shape index (κ2) is 9.39. The molecule has 2 aromatic carbocycles. The van der Waals surface area contributed by atoms with Crippen molar-refractivity contribution in [2.75, 3.05) is 25.0 Å². The predicted molar refractivity (Wildman–Crippen MR) is 105 cm³/mol. The number of hydrogen-bond donors (Lipinski definition) is 2. The average molecular weight is 352 g/mol. The van der Waals surface area contributed by atoms with E-state index in [1.807, 2.05) is 0 Å². The fourth-order valence-corrected chi connectivity index (χ4v) is 3.57. The van der Waals surface area contributed by atoms with E-state index in [-0.39, 0.29) is 11.7 Å². The fourth-order valence-electron chi connectivity index (χ4n) is 3.57. The molecule has 4 heteroatoms. The van der Waals surface area contributed by atoms with Gasteiger partial charge >= 0.3 is 0 Å². The van der Waals surface area contributed by atoms with Crippen LogP contribution >= 0.6 is 0 Å². The molecule has 0 saturated carbocycles. The molecule has 0 aromatic heterocycles. The standard InChI is InChI=1S/C22H28N2O2/c25-21-8-4-7-20(17-21)23-22(26)10-9-19-12-15-24(16-13-19)14-11-18-5-2-1-3-6-18/h1-8,17,19,25H,9-16H2,(H,23,26). The first-order chi connectivity index (χ1) is 12.7. The third-order valence-corrected chi connectivity index (χ3v) is 5.18. The molecule has 0 radical (unpaired) electrons. The summed E-state index contributed by atoms with van der Waals surface area (Å²) < 4.78 is 0. The highest BCUT2D eigenvalue weighted by Crippen LogP contribution is 2.23. The maximum atomic E-state index is 12.1. The van der Waals surface area contributed by atoms with Gasteiger partial charge < -0.3 is 15.3 Å². The van der Waals surface area contributed by atoms with Crippen molar-refractivity contribution in [3.05, 3.63) is 60.2 Å².